The maximum Gasteiger partial charge on any atom is 0.103 e. The Morgan fingerprint density at radius 1 is 1.33 bits per heavy atom. The summed E-state index contributed by atoms with van der Waals surface area (Å²) < 4.78 is 18.3. The fourth-order valence-electron chi connectivity index (χ4n) is 2.14. The van der Waals surface area contributed by atoms with E-state index >= 15 is 0 Å². The van der Waals surface area contributed by atoms with Crippen LogP contribution in [0.1, 0.15) is 33.1 Å². The average Bonchev–Trinajstić information content (AvgIpc) is 2.03. The molecule has 0 saturated heterocycles. The Hall–Kier alpha value is -0.110. The first-order valence-corrected chi connectivity index (χ1v) is 4.82. The normalized spacial score (nSPS) is 37.2. The molecule has 1 aliphatic carbocycles. The number of hydrogen-bond acceptors (Lipinski definition) is 1. The zero-order valence-corrected chi connectivity index (χ0v) is 8.22. The van der Waals surface area contributed by atoms with E-state index in [2.05, 4.69) is 13.8 Å². The third-order valence-electron chi connectivity index (χ3n) is 2.94. The molecule has 1 nitrogen and oxygen atoms in total. The van der Waals surface area contributed by atoms with Crippen LogP contribution in [0.4, 0.5) is 4.39 Å². The molecule has 1 aliphatic rings. The molecule has 72 valence electrons. The summed E-state index contributed by atoms with van der Waals surface area (Å²) in [5.41, 5.74) is 0. The third-order valence-corrected chi connectivity index (χ3v) is 2.94. The highest BCUT2D eigenvalue weighted by molar-refractivity contribution is 4.82. The first kappa shape index (κ1) is 9.97. The lowest BCUT2D eigenvalue weighted by atomic mass is 9.79. The highest BCUT2D eigenvalue weighted by Crippen LogP contribution is 2.33. The minimum Gasteiger partial charge on any atom is -0.381 e. The summed E-state index contributed by atoms with van der Waals surface area (Å²) in [5.74, 6) is 1.17. The maximum absolute atomic E-state index is 13.0. The van der Waals surface area contributed by atoms with Crippen LogP contribution in [0.3, 0.4) is 0 Å². The van der Waals surface area contributed by atoms with Crippen molar-refractivity contribution in [1.82, 2.24) is 0 Å². The van der Waals surface area contributed by atoms with Gasteiger partial charge in [0.05, 0.1) is 6.10 Å². The summed E-state index contributed by atoms with van der Waals surface area (Å²) >= 11 is 0. The highest BCUT2D eigenvalue weighted by Gasteiger charge is 2.32. The molecule has 1 fully saturated rings. The van der Waals surface area contributed by atoms with Crippen LogP contribution in [0.25, 0.3) is 0 Å². The van der Waals surface area contributed by atoms with Crippen molar-refractivity contribution in [1.29, 1.82) is 0 Å². The van der Waals surface area contributed by atoms with Crippen LogP contribution in [0.2, 0.25) is 0 Å². The second kappa shape index (κ2) is 4.22. The van der Waals surface area contributed by atoms with Crippen LogP contribution in [0, 0.1) is 11.8 Å². The van der Waals surface area contributed by atoms with E-state index in [0.29, 0.717) is 18.3 Å². The zero-order chi connectivity index (χ0) is 9.14. The molecule has 0 aliphatic heterocycles. The minimum atomic E-state index is -0.634. The van der Waals surface area contributed by atoms with E-state index in [-0.39, 0.29) is 6.10 Å². The van der Waals surface area contributed by atoms with Gasteiger partial charge in [0.15, 0.2) is 0 Å². The molecule has 2 heteroatoms. The van der Waals surface area contributed by atoms with Crippen LogP contribution >= 0.6 is 0 Å². The van der Waals surface area contributed by atoms with Crippen molar-refractivity contribution in [2.45, 2.75) is 45.4 Å². The maximum atomic E-state index is 13.0. The van der Waals surface area contributed by atoms with E-state index < -0.39 is 6.17 Å². The summed E-state index contributed by atoms with van der Waals surface area (Å²) in [7, 11) is 1.69. The molecule has 0 N–H and O–H groups in total. The molecule has 12 heavy (non-hydrogen) atoms. The molecule has 0 aromatic carbocycles. The standard InChI is InChI=1S/C10H19FO/c1-7(2)9-5-4-8(11)6-10(9)12-3/h7-10H,4-6H2,1-3H3. The molecule has 0 radical (unpaired) electrons. The van der Waals surface area contributed by atoms with Gasteiger partial charge in [-0.15, -0.1) is 0 Å². The van der Waals surface area contributed by atoms with Crippen LogP contribution in [0.5, 0.6) is 0 Å². The van der Waals surface area contributed by atoms with E-state index in [9.17, 15) is 4.39 Å². The lowest BCUT2D eigenvalue weighted by Crippen LogP contribution is -2.34. The lowest BCUT2D eigenvalue weighted by molar-refractivity contribution is -0.0194. The van der Waals surface area contributed by atoms with Gasteiger partial charge in [-0.25, -0.2) is 4.39 Å². The lowest BCUT2D eigenvalue weighted by Gasteiger charge is -2.34. The van der Waals surface area contributed by atoms with Crippen LogP contribution < -0.4 is 0 Å². The molecular weight excluding hydrogens is 155 g/mol. The van der Waals surface area contributed by atoms with Gasteiger partial charge in [0.2, 0.25) is 0 Å². The smallest absolute Gasteiger partial charge is 0.103 e. The molecule has 3 unspecified atom stereocenters. The van der Waals surface area contributed by atoms with Crippen molar-refractivity contribution in [3.63, 3.8) is 0 Å². The van der Waals surface area contributed by atoms with Gasteiger partial charge in [-0.3, -0.25) is 0 Å². The summed E-state index contributed by atoms with van der Waals surface area (Å²) in [6.45, 7) is 4.38. The molecule has 1 saturated carbocycles. The van der Waals surface area contributed by atoms with Gasteiger partial charge in [0.1, 0.15) is 6.17 Å². The minimum absolute atomic E-state index is 0.147. The summed E-state index contributed by atoms with van der Waals surface area (Å²) in [4.78, 5) is 0. The van der Waals surface area contributed by atoms with Gasteiger partial charge in [-0.05, 0) is 24.7 Å². The van der Waals surface area contributed by atoms with Gasteiger partial charge in [0, 0.05) is 13.5 Å². The Bertz CT molecular complexity index is 136. The molecule has 0 heterocycles. The average molecular weight is 174 g/mol. The van der Waals surface area contributed by atoms with Gasteiger partial charge in [-0.1, -0.05) is 13.8 Å². The van der Waals surface area contributed by atoms with Crippen molar-refractivity contribution in [3.8, 4) is 0 Å². The topological polar surface area (TPSA) is 9.23 Å². The van der Waals surface area contributed by atoms with Gasteiger partial charge in [0.25, 0.3) is 0 Å². The van der Waals surface area contributed by atoms with E-state index in [1.807, 2.05) is 0 Å². The molecule has 0 spiro atoms. The highest BCUT2D eigenvalue weighted by atomic mass is 19.1. The summed E-state index contributed by atoms with van der Waals surface area (Å²) in [6.07, 6.45) is 1.82. The number of halogens is 1. The van der Waals surface area contributed by atoms with E-state index in [0.717, 1.165) is 12.8 Å². The number of methoxy groups -OCH3 is 1. The van der Waals surface area contributed by atoms with Gasteiger partial charge < -0.3 is 4.74 Å². The Morgan fingerprint density at radius 2 is 2.00 bits per heavy atom. The second-order valence-electron chi connectivity index (χ2n) is 4.09. The largest absolute Gasteiger partial charge is 0.381 e. The summed E-state index contributed by atoms with van der Waals surface area (Å²) in [5, 5.41) is 0. The fourth-order valence-corrected chi connectivity index (χ4v) is 2.14. The first-order chi connectivity index (χ1) is 5.65. The molecule has 0 aromatic rings. The first-order valence-electron chi connectivity index (χ1n) is 4.82. The van der Waals surface area contributed by atoms with E-state index in [1.165, 1.54) is 0 Å². The van der Waals surface area contributed by atoms with Gasteiger partial charge >= 0.3 is 0 Å². The quantitative estimate of drug-likeness (QED) is 0.625. The Morgan fingerprint density at radius 3 is 2.50 bits per heavy atom. The van der Waals surface area contributed by atoms with Crippen molar-refractivity contribution >= 4 is 0 Å². The van der Waals surface area contributed by atoms with Crippen molar-refractivity contribution in [2.24, 2.45) is 11.8 Å². The molecule has 0 aromatic heterocycles. The van der Waals surface area contributed by atoms with Crippen molar-refractivity contribution < 1.29 is 9.13 Å². The Kier molecular flexibility index (Phi) is 3.51. The molecule has 3 atom stereocenters. The van der Waals surface area contributed by atoms with Crippen LogP contribution in [-0.4, -0.2) is 19.4 Å². The van der Waals surface area contributed by atoms with Gasteiger partial charge in [-0.2, -0.15) is 0 Å². The molecule has 0 bridgehead atoms. The third kappa shape index (κ3) is 2.19. The number of ether oxygens (including phenoxy) is 1. The Labute approximate surface area is 74.3 Å². The molecule has 0 amide bonds. The number of rotatable bonds is 2. The van der Waals surface area contributed by atoms with E-state index in [1.54, 1.807) is 7.11 Å². The van der Waals surface area contributed by atoms with Crippen molar-refractivity contribution in [3.05, 3.63) is 0 Å². The molecular formula is C10H19FO. The van der Waals surface area contributed by atoms with Crippen LogP contribution in [-0.2, 0) is 4.74 Å². The number of hydrogen-bond donors (Lipinski definition) is 0. The summed E-state index contributed by atoms with van der Waals surface area (Å²) in [6, 6.07) is 0. The molecule has 1 rings (SSSR count). The predicted octanol–water partition coefficient (Wildman–Crippen LogP) is 2.80. The zero-order valence-electron chi connectivity index (χ0n) is 8.22. The number of alkyl halides is 1. The predicted molar refractivity (Wildman–Crippen MR) is 47.9 cm³/mol. The van der Waals surface area contributed by atoms with E-state index in [4.69, 9.17) is 4.74 Å². The Balaban J connectivity index is 2.50. The SMILES string of the molecule is COC1CC(F)CCC1C(C)C. The van der Waals surface area contributed by atoms with Crippen LogP contribution in [0.15, 0.2) is 0 Å². The fraction of sp³-hybridized carbons (Fsp3) is 1.00. The second-order valence-corrected chi connectivity index (χ2v) is 4.09. The van der Waals surface area contributed by atoms with Crippen molar-refractivity contribution in [2.75, 3.05) is 7.11 Å². The monoisotopic (exact) mass is 174 g/mol.